The molecule has 0 amide bonds. The molecule has 1 aliphatic rings. The van der Waals surface area contributed by atoms with E-state index in [9.17, 15) is 13.2 Å². The summed E-state index contributed by atoms with van der Waals surface area (Å²) in [6, 6.07) is 9.32. The molecule has 21 heavy (non-hydrogen) atoms. The highest BCUT2D eigenvalue weighted by molar-refractivity contribution is 5.92. The summed E-state index contributed by atoms with van der Waals surface area (Å²) in [5, 5.41) is 0.867. The molecule has 1 unspecified atom stereocenters. The second-order valence-electron chi connectivity index (χ2n) is 5.15. The Kier molecular flexibility index (Phi) is 3.49. The van der Waals surface area contributed by atoms with E-state index in [0.29, 0.717) is 6.54 Å². The summed E-state index contributed by atoms with van der Waals surface area (Å²) < 4.78 is 43.4. The number of halogens is 3. The van der Waals surface area contributed by atoms with Crippen LogP contribution in [-0.4, -0.2) is 37.0 Å². The van der Waals surface area contributed by atoms with E-state index in [1.165, 1.54) is 0 Å². The number of hydrogen-bond acceptors (Lipinski definition) is 3. The quantitative estimate of drug-likeness (QED) is 0.807. The number of para-hydroxylation sites is 1. The molecule has 112 valence electrons. The molecule has 1 fully saturated rings. The minimum atomic E-state index is -4.34. The van der Waals surface area contributed by atoms with Crippen molar-refractivity contribution in [3.8, 4) is 0 Å². The molecule has 0 spiro atoms. The fourth-order valence-electron chi connectivity index (χ4n) is 2.61. The summed E-state index contributed by atoms with van der Waals surface area (Å²) in [4.78, 5) is 6.15. The Morgan fingerprint density at radius 2 is 2.05 bits per heavy atom. The number of anilines is 1. The Hall–Kier alpha value is -1.82. The van der Waals surface area contributed by atoms with Crippen LogP contribution < -0.4 is 4.90 Å². The molecule has 1 atom stereocenters. The molecule has 2 heterocycles. The molecule has 0 aliphatic carbocycles. The van der Waals surface area contributed by atoms with Crippen LogP contribution in [0.15, 0.2) is 30.3 Å². The molecule has 1 aromatic heterocycles. The zero-order valence-electron chi connectivity index (χ0n) is 11.5. The molecule has 1 saturated heterocycles. The minimum Gasteiger partial charge on any atom is -0.366 e. The molecule has 2 aromatic rings. The zero-order chi connectivity index (χ0) is 15.0. The van der Waals surface area contributed by atoms with Gasteiger partial charge < -0.3 is 9.64 Å². The van der Waals surface area contributed by atoms with Crippen molar-refractivity contribution in [2.45, 2.75) is 19.2 Å². The predicted molar refractivity (Wildman–Crippen MR) is 74.5 cm³/mol. The van der Waals surface area contributed by atoms with E-state index < -0.39 is 12.3 Å². The Balaban J connectivity index is 2.00. The third-order valence-corrected chi connectivity index (χ3v) is 3.59. The summed E-state index contributed by atoms with van der Waals surface area (Å²) >= 11 is 0. The third-order valence-electron chi connectivity index (χ3n) is 3.59. The van der Waals surface area contributed by atoms with Crippen molar-refractivity contribution < 1.29 is 17.9 Å². The van der Waals surface area contributed by atoms with E-state index in [-0.39, 0.29) is 13.2 Å². The minimum absolute atomic E-state index is 0.0693. The average Bonchev–Trinajstić information content (AvgIpc) is 2.45. The SMILES string of the molecule is Cc1cc(N2CCOC(C(F)(F)F)C2)c2ccccc2n1. The van der Waals surface area contributed by atoms with Crippen molar-refractivity contribution in [1.29, 1.82) is 0 Å². The van der Waals surface area contributed by atoms with Crippen molar-refractivity contribution in [2.24, 2.45) is 0 Å². The monoisotopic (exact) mass is 296 g/mol. The van der Waals surface area contributed by atoms with Crippen LogP contribution in [0.3, 0.4) is 0 Å². The van der Waals surface area contributed by atoms with E-state index >= 15 is 0 Å². The largest absolute Gasteiger partial charge is 0.416 e. The molecular formula is C15H15F3N2O. The predicted octanol–water partition coefficient (Wildman–Crippen LogP) is 3.31. The molecule has 0 N–H and O–H groups in total. The maximum absolute atomic E-state index is 12.9. The van der Waals surface area contributed by atoms with Gasteiger partial charge >= 0.3 is 6.18 Å². The average molecular weight is 296 g/mol. The van der Waals surface area contributed by atoms with Gasteiger partial charge in [0.1, 0.15) is 0 Å². The second-order valence-corrected chi connectivity index (χ2v) is 5.15. The maximum atomic E-state index is 12.9. The van der Waals surface area contributed by atoms with E-state index in [1.807, 2.05) is 37.3 Å². The lowest BCUT2D eigenvalue weighted by atomic mass is 10.1. The molecular weight excluding hydrogens is 281 g/mol. The van der Waals surface area contributed by atoms with Gasteiger partial charge in [-0.05, 0) is 19.1 Å². The van der Waals surface area contributed by atoms with Gasteiger partial charge in [-0.3, -0.25) is 4.98 Å². The number of alkyl halides is 3. The molecule has 0 saturated carbocycles. The van der Waals surface area contributed by atoms with Gasteiger partial charge in [0.25, 0.3) is 0 Å². The number of benzene rings is 1. The van der Waals surface area contributed by atoms with Crippen LogP contribution in [0.25, 0.3) is 10.9 Å². The summed E-state index contributed by atoms with van der Waals surface area (Å²) in [5.74, 6) is 0. The van der Waals surface area contributed by atoms with Crippen LogP contribution in [0.4, 0.5) is 18.9 Å². The molecule has 3 nitrogen and oxygen atoms in total. The number of aryl methyl sites for hydroxylation is 1. The van der Waals surface area contributed by atoms with Crippen molar-refractivity contribution >= 4 is 16.6 Å². The van der Waals surface area contributed by atoms with Crippen molar-refractivity contribution in [3.05, 3.63) is 36.0 Å². The summed E-state index contributed by atoms with van der Waals surface area (Å²) in [6.07, 6.45) is -6.07. The van der Waals surface area contributed by atoms with Gasteiger partial charge in [0.05, 0.1) is 18.7 Å². The second kappa shape index (κ2) is 5.18. The number of rotatable bonds is 1. The lowest BCUT2D eigenvalue weighted by Gasteiger charge is -2.35. The fraction of sp³-hybridized carbons (Fsp3) is 0.400. The summed E-state index contributed by atoms with van der Waals surface area (Å²) in [5.41, 5.74) is 2.37. The highest BCUT2D eigenvalue weighted by Gasteiger charge is 2.43. The highest BCUT2D eigenvalue weighted by atomic mass is 19.4. The summed E-state index contributed by atoms with van der Waals surface area (Å²) in [6.45, 7) is 2.18. The summed E-state index contributed by atoms with van der Waals surface area (Å²) in [7, 11) is 0. The van der Waals surface area contributed by atoms with Gasteiger partial charge in [0.2, 0.25) is 0 Å². The standard InChI is InChI=1S/C15H15F3N2O/c1-10-8-13(11-4-2-3-5-12(11)19-10)20-6-7-21-14(9-20)15(16,17)18/h2-5,8,14H,6-7,9H2,1H3. The molecule has 6 heteroatoms. The van der Waals surface area contributed by atoms with Crippen molar-refractivity contribution in [2.75, 3.05) is 24.6 Å². The molecule has 0 radical (unpaired) electrons. The first-order valence-corrected chi connectivity index (χ1v) is 6.75. The Labute approximate surface area is 120 Å². The molecule has 3 rings (SSSR count). The number of hydrogen-bond donors (Lipinski definition) is 0. The number of pyridine rings is 1. The van der Waals surface area contributed by atoms with Gasteiger partial charge in [-0.1, -0.05) is 18.2 Å². The first-order chi connectivity index (χ1) is 9.95. The fourth-order valence-corrected chi connectivity index (χ4v) is 2.61. The van der Waals surface area contributed by atoms with Crippen molar-refractivity contribution in [3.63, 3.8) is 0 Å². The Morgan fingerprint density at radius 1 is 1.29 bits per heavy atom. The van der Waals surface area contributed by atoms with Gasteiger partial charge in [-0.2, -0.15) is 13.2 Å². The number of morpholine rings is 1. The number of nitrogens with zero attached hydrogens (tertiary/aromatic N) is 2. The van der Waals surface area contributed by atoms with E-state index in [0.717, 1.165) is 22.3 Å². The van der Waals surface area contributed by atoms with Crippen LogP contribution in [-0.2, 0) is 4.74 Å². The third kappa shape index (κ3) is 2.81. The van der Waals surface area contributed by atoms with Gasteiger partial charge in [-0.15, -0.1) is 0 Å². The number of aromatic nitrogens is 1. The molecule has 1 aromatic carbocycles. The number of fused-ring (bicyclic) bond motifs is 1. The molecule has 1 aliphatic heterocycles. The Bertz CT molecular complexity index is 657. The van der Waals surface area contributed by atoms with Crippen LogP contribution in [0.1, 0.15) is 5.69 Å². The first kappa shape index (κ1) is 14.1. The smallest absolute Gasteiger partial charge is 0.366 e. The maximum Gasteiger partial charge on any atom is 0.416 e. The lowest BCUT2D eigenvalue weighted by Crippen LogP contribution is -2.49. The number of ether oxygens (including phenoxy) is 1. The van der Waals surface area contributed by atoms with Gasteiger partial charge in [0, 0.05) is 23.3 Å². The Morgan fingerprint density at radius 3 is 2.81 bits per heavy atom. The first-order valence-electron chi connectivity index (χ1n) is 6.75. The van der Waals surface area contributed by atoms with E-state index in [4.69, 9.17) is 4.74 Å². The van der Waals surface area contributed by atoms with Gasteiger partial charge in [0.15, 0.2) is 6.10 Å². The van der Waals surface area contributed by atoms with Crippen molar-refractivity contribution in [1.82, 2.24) is 4.98 Å². The molecule has 0 bridgehead atoms. The highest BCUT2D eigenvalue weighted by Crippen LogP contribution is 2.31. The van der Waals surface area contributed by atoms with E-state index in [1.54, 1.807) is 4.90 Å². The van der Waals surface area contributed by atoms with E-state index in [2.05, 4.69) is 4.98 Å². The van der Waals surface area contributed by atoms with Crippen LogP contribution in [0, 0.1) is 6.92 Å². The lowest BCUT2D eigenvalue weighted by molar-refractivity contribution is -0.221. The van der Waals surface area contributed by atoms with Crippen LogP contribution in [0.5, 0.6) is 0 Å². The van der Waals surface area contributed by atoms with Crippen LogP contribution >= 0.6 is 0 Å². The van der Waals surface area contributed by atoms with Crippen LogP contribution in [0.2, 0.25) is 0 Å². The normalized spacial score (nSPS) is 20.0. The zero-order valence-corrected chi connectivity index (χ0v) is 11.5. The topological polar surface area (TPSA) is 25.4 Å². The van der Waals surface area contributed by atoms with Gasteiger partial charge in [-0.25, -0.2) is 0 Å².